The number of aryl methyl sites for hydroxylation is 1. The van der Waals surface area contributed by atoms with Gasteiger partial charge in [-0.1, -0.05) is 56.7 Å². The maximum atomic E-state index is 13.6. The molecule has 1 saturated heterocycles. The van der Waals surface area contributed by atoms with Crippen molar-refractivity contribution in [3.05, 3.63) is 134 Å². The number of pyridine rings is 3. The standard InChI is InChI=1S/C41H42N4O4/c1-40(2,3)32-11-12-33-35(20-32)42-23-34(38(33)47)28-9-5-8-27(18-28)31-19-30(39(48)45(4)24-31)21-41(25-44-41)37-13-10-29(22-43-37)36(46)17-26-7-6-15-49-16-14-26/h5,7-13,18-20,22-24,44H,6,14-17,21,25H2,1-4H3,(H,42,47). The Kier molecular flexibility index (Phi) is 8.55. The summed E-state index contributed by atoms with van der Waals surface area (Å²) in [6.45, 7) is 8.51. The second-order valence-corrected chi connectivity index (χ2v) is 14.5. The molecule has 7 rings (SSSR count). The third kappa shape index (κ3) is 6.71. The van der Waals surface area contributed by atoms with E-state index in [-0.39, 0.29) is 22.2 Å². The van der Waals surface area contributed by atoms with E-state index in [1.807, 2.05) is 60.8 Å². The summed E-state index contributed by atoms with van der Waals surface area (Å²) in [4.78, 5) is 48.1. The Bertz CT molecular complexity index is 2220. The molecule has 0 spiro atoms. The van der Waals surface area contributed by atoms with Crippen LogP contribution in [0.15, 0.2) is 100 Å². The van der Waals surface area contributed by atoms with Crippen LogP contribution in [0.1, 0.15) is 67.2 Å². The molecule has 2 aliphatic rings. The van der Waals surface area contributed by atoms with E-state index in [4.69, 9.17) is 9.72 Å². The molecule has 0 radical (unpaired) electrons. The van der Waals surface area contributed by atoms with Gasteiger partial charge in [0.25, 0.3) is 5.56 Å². The number of carbonyl (C=O) groups is 1. The van der Waals surface area contributed by atoms with E-state index in [9.17, 15) is 14.4 Å². The van der Waals surface area contributed by atoms with Crippen LogP contribution in [0.25, 0.3) is 33.2 Å². The predicted molar refractivity (Wildman–Crippen MR) is 194 cm³/mol. The highest BCUT2D eigenvalue weighted by Crippen LogP contribution is 2.34. The van der Waals surface area contributed by atoms with Gasteiger partial charge in [0.1, 0.15) is 0 Å². The fourth-order valence-electron chi connectivity index (χ4n) is 6.73. The van der Waals surface area contributed by atoms with Crippen molar-refractivity contribution in [3.63, 3.8) is 0 Å². The molecular formula is C41H42N4O4. The molecular weight excluding hydrogens is 612 g/mol. The van der Waals surface area contributed by atoms with Gasteiger partial charge in [0.05, 0.1) is 24.4 Å². The number of ketones is 1. The van der Waals surface area contributed by atoms with E-state index in [0.717, 1.165) is 51.9 Å². The van der Waals surface area contributed by atoms with Gasteiger partial charge < -0.3 is 19.6 Å². The van der Waals surface area contributed by atoms with Gasteiger partial charge in [-0.25, -0.2) is 0 Å². The van der Waals surface area contributed by atoms with Gasteiger partial charge in [0, 0.05) is 72.6 Å². The third-order valence-electron chi connectivity index (χ3n) is 9.83. The van der Waals surface area contributed by atoms with Gasteiger partial charge in [-0.15, -0.1) is 0 Å². The summed E-state index contributed by atoms with van der Waals surface area (Å²) in [5.41, 5.74) is 7.77. The smallest absolute Gasteiger partial charge is 0.253 e. The molecule has 1 fully saturated rings. The van der Waals surface area contributed by atoms with Crippen molar-refractivity contribution in [1.29, 1.82) is 0 Å². The molecule has 0 saturated carbocycles. The number of aromatic amines is 1. The number of ether oxygens (including phenoxy) is 1. The predicted octanol–water partition coefficient (Wildman–Crippen LogP) is 6.60. The van der Waals surface area contributed by atoms with Crippen LogP contribution in [0.2, 0.25) is 0 Å². The lowest BCUT2D eigenvalue weighted by Crippen LogP contribution is -2.27. The van der Waals surface area contributed by atoms with Gasteiger partial charge in [0.15, 0.2) is 11.2 Å². The average Bonchev–Trinajstić information content (AvgIpc) is 3.92. The zero-order valence-electron chi connectivity index (χ0n) is 28.6. The molecule has 8 nitrogen and oxygen atoms in total. The molecule has 0 bridgehead atoms. The van der Waals surface area contributed by atoms with Crippen LogP contribution in [0.5, 0.6) is 0 Å². The number of fused-ring (bicyclic) bond motifs is 1. The minimum atomic E-state index is -0.472. The van der Waals surface area contributed by atoms with Crippen LogP contribution >= 0.6 is 0 Å². The summed E-state index contributed by atoms with van der Waals surface area (Å²) < 4.78 is 7.12. The summed E-state index contributed by atoms with van der Waals surface area (Å²) in [5.74, 6) is 0.0501. The molecule has 5 aromatic rings. The van der Waals surface area contributed by atoms with Crippen molar-refractivity contribution >= 4 is 16.7 Å². The van der Waals surface area contributed by atoms with E-state index in [1.54, 1.807) is 24.0 Å². The van der Waals surface area contributed by atoms with Crippen LogP contribution in [0, 0.1) is 0 Å². The zero-order chi connectivity index (χ0) is 34.3. The molecule has 2 aromatic carbocycles. The van der Waals surface area contributed by atoms with Crippen LogP contribution in [0.3, 0.4) is 0 Å². The number of Topliss-reactive ketones (excluding diaryl/α,β-unsaturated/α-hetero) is 1. The Balaban J connectivity index is 1.14. The molecule has 5 heterocycles. The van der Waals surface area contributed by atoms with Crippen molar-refractivity contribution in [2.24, 2.45) is 7.05 Å². The third-order valence-corrected chi connectivity index (χ3v) is 9.83. The van der Waals surface area contributed by atoms with Crippen molar-refractivity contribution in [3.8, 4) is 22.3 Å². The summed E-state index contributed by atoms with van der Waals surface area (Å²) in [7, 11) is 1.76. The summed E-state index contributed by atoms with van der Waals surface area (Å²) in [5, 5.41) is 4.10. The van der Waals surface area contributed by atoms with Gasteiger partial charge in [-0.05, 0) is 76.9 Å². The number of benzene rings is 2. The topological polar surface area (TPSA) is 116 Å². The first-order valence-electron chi connectivity index (χ1n) is 17.0. The van der Waals surface area contributed by atoms with Gasteiger partial charge >= 0.3 is 0 Å². The highest BCUT2D eigenvalue weighted by Gasteiger charge is 2.45. The Morgan fingerprint density at radius 1 is 1.00 bits per heavy atom. The van der Waals surface area contributed by atoms with Gasteiger partial charge in [-0.3, -0.25) is 19.4 Å². The molecule has 2 N–H and O–H groups in total. The highest BCUT2D eigenvalue weighted by molar-refractivity contribution is 5.97. The fourth-order valence-corrected chi connectivity index (χ4v) is 6.73. The van der Waals surface area contributed by atoms with Crippen molar-refractivity contribution in [1.82, 2.24) is 19.9 Å². The first-order valence-corrected chi connectivity index (χ1v) is 17.0. The largest absolute Gasteiger partial charge is 0.381 e. The SMILES string of the molecule is Cn1cc(-c2cccc(-c3c[nH]c4cc(C(C)(C)C)ccc4c3=O)c2)cc(CC2(c3ccc(C(=O)CC4=CCCOCC4)cn3)CN2)c1=O. The molecule has 250 valence electrons. The molecule has 0 aliphatic carbocycles. The van der Waals surface area contributed by atoms with Crippen LogP contribution < -0.4 is 16.3 Å². The number of hydrogen-bond donors (Lipinski definition) is 2. The van der Waals surface area contributed by atoms with Crippen LogP contribution in [0.4, 0.5) is 0 Å². The Hall–Kier alpha value is -4.92. The second-order valence-electron chi connectivity index (χ2n) is 14.5. The van der Waals surface area contributed by atoms with E-state index >= 15 is 0 Å². The average molecular weight is 655 g/mol. The van der Waals surface area contributed by atoms with Gasteiger partial charge in [0.2, 0.25) is 0 Å². The Morgan fingerprint density at radius 3 is 2.57 bits per heavy atom. The number of nitrogens with zero attached hydrogens (tertiary/aromatic N) is 2. The highest BCUT2D eigenvalue weighted by atomic mass is 16.5. The number of nitrogens with one attached hydrogen (secondary N) is 2. The monoisotopic (exact) mass is 654 g/mol. The lowest BCUT2D eigenvalue weighted by atomic mass is 9.86. The maximum absolute atomic E-state index is 13.6. The molecule has 1 unspecified atom stereocenters. The Labute approximate surface area is 285 Å². The second kappa shape index (κ2) is 12.8. The molecule has 2 aliphatic heterocycles. The number of rotatable bonds is 8. The van der Waals surface area contributed by atoms with Gasteiger partial charge in [-0.2, -0.15) is 0 Å². The summed E-state index contributed by atoms with van der Waals surface area (Å²) in [6, 6.07) is 19.6. The Morgan fingerprint density at radius 2 is 1.82 bits per heavy atom. The maximum Gasteiger partial charge on any atom is 0.253 e. The van der Waals surface area contributed by atoms with Crippen LogP contribution in [-0.4, -0.2) is 40.1 Å². The summed E-state index contributed by atoms with van der Waals surface area (Å²) >= 11 is 0. The first kappa shape index (κ1) is 32.6. The quantitative estimate of drug-likeness (QED) is 0.111. The minimum absolute atomic E-state index is 0.0218. The lowest BCUT2D eigenvalue weighted by Gasteiger charge is -2.19. The van der Waals surface area contributed by atoms with E-state index < -0.39 is 5.54 Å². The minimum Gasteiger partial charge on any atom is -0.381 e. The van der Waals surface area contributed by atoms with Crippen LogP contribution in [-0.2, 0) is 29.2 Å². The summed E-state index contributed by atoms with van der Waals surface area (Å²) in [6.07, 6.45) is 9.86. The first-order chi connectivity index (χ1) is 23.5. The fraction of sp³-hybridized carbons (Fsp3) is 0.317. The number of H-pyrrole nitrogens is 1. The molecule has 0 amide bonds. The molecule has 3 aromatic heterocycles. The van der Waals surface area contributed by atoms with Crippen molar-refractivity contribution in [2.75, 3.05) is 19.8 Å². The zero-order valence-corrected chi connectivity index (χ0v) is 28.6. The molecule has 8 heteroatoms. The molecule has 1 atom stereocenters. The number of hydrogen-bond acceptors (Lipinski definition) is 6. The normalized spacial score (nSPS) is 17.8. The van der Waals surface area contributed by atoms with E-state index in [0.29, 0.717) is 54.7 Å². The molecule has 49 heavy (non-hydrogen) atoms. The number of carbonyl (C=O) groups excluding carboxylic acids is 1. The van der Waals surface area contributed by atoms with E-state index in [1.165, 1.54) is 0 Å². The number of aromatic nitrogens is 3. The van der Waals surface area contributed by atoms with Crippen molar-refractivity contribution in [2.45, 2.75) is 57.4 Å². The lowest BCUT2D eigenvalue weighted by molar-refractivity contribution is 0.0989. The van der Waals surface area contributed by atoms with Crippen molar-refractivity contribution < 1.29 is 9.53 Å². The van der Waals surface area contributed by atoms with E-state index in [2.05, 4.69) is 43.2 Å².